The summed E-state index contributed by atoms with van der Waals surface area (Å²) in [5, 5.41) is 16.4. The van der Waals surface area contributed by atoms with Crippen LogP contribution in [0.5, 0.6) is 0 Å². The minimum absolute atomic E-state index is 0.608. The number of oxime groups is 1. The molecule has 0 spiro atoms. The van der Waals surface area contributed by atoms with E-state index in [1.165, 1.54) is 18.2 Å². The second-order valence-corrected chi connectivity index (χ2v) is 1.98. The Morgan fingerprint density at radius 3 is 3.33 bits per heavy atom. The van der Waals surface area contributed by atoms with Gasteiger partial charge in [0, 0.05) is 0 Å². The molecule has 0 aliphatic carbocycles. The molecule has 1 aliphatic heterocycles. The number of allylic oxidation sites excluding steroid dienone is 1. The van der Waals surface area contributed by atoms with Crippen molar-refractivity contribution in [2.75, 3.05) is 0 Å². The van der Waals surface area contributed by atoms with Crippen LogP contribution < -0.4 is 4.83 Å². The largest absolute Gasteiger partial charge is 0.411 e. The Bertz CT molecular complexity index is 171. The van der Waals surface area contributed by atoms with E-state index in [0.29, 0.717) is 5.71 Å². The molecule has 0 bridgehead atoms. The number of nitrogens with zero attached hydrogens (tertiary/aromatic N) is 2. The molecule has 4 nitrogen and oxygen atoms in total. The zero-order valence-electron chi connectivity index (χ0n) is 4.48. The van der Waals surface area contributed by atoms with Crippen molar-refractivity contribution < 1.29 is 5.21 Å². The van der Waals surface area contributed by atoms with Crippen LogP contribution >= 0.6 is 11.9 Å². The Morgan fingerprint density at radius 1 is 1.89 bits per heavy atom. The van der Waals surface area contributed by atoms with Gasteiger partial charge in [-0.25, -0.2) is 4.83 Å². The van der Waals surface area contributed by atoms with E-state index >= 15 is 0 Å². The van der Waals surface area contributed by atoms with Gasteiger partial charge in [0.05, 0.1) is 6.21 Å². The van der Waals surface area contributed by atoms with Crippen LogP contribution in [0.1, 0.15) is 0 Å². The van der Waals surface area contributed by atoms with Crippen molar-refractivity contribution in [1.82, 2.24) is 4.83 Å². The normalized spacial score (nSPS) is 17.6. The number of hydrazone groups is 1. The van der Waals surface area contributed by atoms with E-state index in [4.69, 9.17) is 5.21 Å². The van der Waals surface area contributed by atoms with E-state index in [1.54, 1.807) is 6.08 Å². The molecule has 0 radical (unpaired) electrons. The molecular formula is C4H5N3OS. The molecule has 2 N–H and O–H groups in total. The third-order valence-electron chi connectivity index (χ3n) is 0.724. The average Bonchev–Trinajstić information content (AvgIpc) is 1.91. The maximum atomic E-state index is 8.04. The van der Waals surface area contributed by atoms with Crippen LogP contribution in [-0.4, -0.2) is 17.1 Å². The molecule has 0 saturated carbocycles. The first-order valence-corrected chi connectivity index (χ1v) is 3.14. The van der Waals surface area contributed by atoms with Crippen molar-refractivity contribution >= 4 is 23.9 Å². The number of nitrogens with one attached hydrogen (secondary N) is 1. The Morgan fingerprint density at radius 2 is 2.78 bits per heavy atom. The van der Waals surface area contributed by atoms with Crippen molar-refractivity contribution in [2.24, 2.45) is 10.3 Å². The van der Waals surface area contributed by atoms with E-state index in [0.717, 1.165) is 0 Å². The van der Waals surface area contributed by atoms with Crippen molar-refractivity contribution in [2.45, 2.75) is 0 Å². The van der Waals surface area contributed by atoms with Crippen molar-refractivity contribution in [3.63, 3.8) is 0 Å². The van der Waals surface area contributed by atoms with Crippen LogP contribution in [0.15, 0.2) is 21.7 Å². The molecule has 0 amide bonds. The third kappa shape index (κ3) is 1.77. The molecule has 0 fully saturated rings. The summed E-state index contributed by atoms with van der Waals surface area (Å²) in [7, 11) is 0. The van der Waals surface area contributed by atoms with Crippen LogP contribution in [0.2, 0.25) is 0 Å². The summed E-state index contributed by atoms with van der Waals surface area (Å²) >= 11 is 1.36. The first-order valence-electron chi connectivity index (χ1n) is 2.26. The van der Waals surface area contributed by atoms with E-state index in [2.05, 4.69) is 15.1 Å². The zero-order chi connectivity index (χ0) is 6.53. The molecule has 0 aromatic heterocycles. The first kappa shape index (κ1) is 6.15. The van der Waals surface area contributed by atoms with E-state index in [1.807, 2.05) is 5.41 Å². The van der Waals surface area contributed by atoms with Crippen molar-refractivity contribution in [3.05, 3.63) is 11.5 Å². The standard InChI is InChI=1S/C4H5N3OS/c8-5-3-4-1-2-9-7-6-4/h1-3,7-8H. The lowest BCUT2D eigenvalue weighted by Gasteiger charge is -1.99. The Hall–Kier alpha value is -0.970. The number of hydrogen-bond acceptors (Lipinski definition) is 5. The summed E-state index contributed by atoms with van der Waals surface area (Å²) in [6.07, 6.45) is 2.99. The van der Waals surface area contributed by atoms with E-state index < -0.39 is 0 Å². The van der Waals surface area contributed by atoms with Gasteiger partial charge in [-0.05, 0) is 23.4 Å². The minimum Gasteiger partial charge on any atom is -0.411 e. The molecule has 48 valence electrons. The molecule has 5 heteroatoms. The molecule has 0 atom stereocenters. The monoisotopic (exact) mass is 143 g/mol. The van der Waals surface area contributed by atoms with Gasteiger partial charge in [-0.2, -0.15) is 5.10 Å². The van der Waals surface area contributed by atoms with Gasteiger partial charge >= 0.3 is 0 Å². The molecule has 0 aromatic carbocycles. The highest BCUT2D eigenvalue weighted by atomic mass is 32.2. The van der Waals surface area contributed by atoms with Crippen LogP contribution in [0, 0.1) is 0 Å². The highest BCUT2D eigenvalue weighted by Crippen LogP contribution is 2.00. The lowest BCUT2D eigenvalue weighted by Crippen LogP contribution is -2.05. The molecule has 1 rings (SSSR count). The van der Waals surface area contributed by atoms with Crippen LogP contribution in [0.3, 0.4) is 0 Å². The molecule has 9 heavy (non-hydrogen) atoms. The second kappa shape index (κ2) is 3.13. The summed E-state index contributed by atoms with van der Waals surface area (Å²) in [5.74, 6) is 0. The minimum atomic E-state index is 0.608. The Balaban J connectivity index is 2.58. The second-order valence-electron chi connectivity index (χ2n) is 1.29. The summed E-state index contributed by atoms with van der Waals surface area (Å²) in [6, 6.07) is 0. The van der Waals surface area contributed by atoms with E-state index in [-0.39, 0.29) is 0 Å². The van der Waals surface area contributed by atoms with Gasteiger partial charge < -0.3 is 5.21 Å². The summed E-state index contributed by atoms with van der Waals surface area (Å²) in [5.41, 5.74) is 0.608. The zero-order valence-corrected chi connectivity index (χ0v) is 5.30. The quantitative estimate of drug-likeness (QED) is 0.244. The van der Waals surface area contributed by atoms with Gasteiger partial charge in [0.25, 0.3) is 0 Å². The van der Waals surface area contributed by atoms with Gasteiger partial charge in [0.1, 0.15) is 5.71 Å². The van der Waals surface area contributed by atoms with Gasteiger partial charge in [0.15, 0.2) is 0 Å². The van der Waals surface area contributed by atoms with Gasteiger partial charge in [0.2, 0.25) is 0 Å². The van der Waals surface area contributed by atoms with E-state index in [9.17, 15) is 0 Å². The maximum absolute atomic E-state index is 8.04. The van der Waals surface area contributed by atoms with Crippen molar-refractivity contribution in [1.29, 1.82) is 0 Å². The van der Waals surface area contributed by atoms with Crippen molar-refractivity contribution in [3.8, 4) is 0 Å². The Kier molecular flexibility index (Phi) is 2.14. The predicted octanol–water partition coefficient (Wildman–Crippen LogP) is 0.568. The lowest BCUT2D eigenvalue weighted by atomic mass is 10.4. The molecule has 1 aliphatic rings. The third-order valence-corrected chi connectivity index (χ3v) is 1.19. The fourth-order valence-electron chi connectivity index (χ4n) is 0.382. The summed E-state index contributed by atoms with van der Waals surface area (Å²) in [6.45, 7) is 0. The van der Waals surface area contributed by atoms with Crippen LogP contribution in [0.25, 0.3) is 0 Å². The Labute approximate surface area is 56.5 Å². The molecular weight excluding hydrogens is 138 g/mol. The lowest BCUT2D eigenvalue weighted by molar-refractivity contribution is 0.322. The number of rotatable bonds is 1. The summed E-state index contributed by atoms with van der Waals surface area (Å²) < 4.78 is 0. The molecule has 0 aromatic rings. The molecule has 0 saturated heterocycles. The molecule has 0 unspecified atom stereocenters. The predicted molar refractivity (Wildman–Crippen MR) is 37.6 cm³/mol. The maximum Gasteiger partial charge on any atom is 0.106 e. The average molecular weight is 143 g/mol. The fourth-order valence-corrected chi connectivity index (χ4v) is 0.808. The summed E-state index contributed by atoms with van der Waals surface area (Å²) in [4.78, 5) is 2.64. The smallest absolute Gasteiger partial charge is 0.106 e. The van der Waals surface area contributed by atoms with Gasteiger partial charge in [-0.3, -0.25) is 0 Å². The van der Waals surface area contributed by atoms with Gasteiger partial charge in [-0.1, -0.05) is 5.16 Å². The topological polar surface area (TPSA) is 57.0 Å². The SMILES string of the molecule is ON=CC1=NNSC=C1. The van der Waals surface area contributed by atoms with Gasteiger partial charge in [-0.15, -0.1) is 0 Å². The molecule has 1 heterocycles. The first-order chi connectivity index (χ1) is 4.43. The highest BCUT2D eigenvalue weighted by Gasteiger charge is 1.92. The van der Waals surface area contributed by atoms with Crippen LogP contribution in [0.4, 0.5) is 0 Å². The number of hydrogen-bond donors (Lipinski definition) is 2. The fraction of sp³-hybridized carbons (Fsp3) is 0. The van der Waals surface area contributed by atoms with Crippen LogP contribution in [-0.2, 0) is 0 Å². The highest BCUT2D eigenvalue weighted by molar-refractivity contribution is 8.00.